The van der Waals surface area contributed by atoms with Gasteiger partial charge in [0.05, 0.1) is 0 Å². The molecule has 0 aliphatic heterocycles. The molecule has 5 nitrogen and oxygen atoms in total. The number of hydrogen-bond donors (Lipinski definition) is 2. The molecule has 0 fully saturated rings. The van der Waals surface area contributed by atoms with E-state index in [0.717, 1.165) is 40.1 Å². The molecule has 1 atom stereocenters. The molecule has 1 heterocycles. The summed E-state index contributed by atoms with van der Waals surface area (Å²) in [6.45, 7) is 6.41. The van der Waals surface area contributed by atoms with Crippen molar-refractivity contribution >= 4 is 17.0 Å². The molecule has 0 radical (unpaired) electrons. The fourth-order valence-electron chi connectivity index (χ4n) is 3.52. The highest BCUT2D eigenvalue weighted by atomic mass is 32.2. The first kappa shape index (κ1) is 17.1. The van der Waals surface area contributed by atoms with Crippen LogP contribution in [0.25, 0.3) is 11.3 Å². The van der Waals surface area contributed by atoms with E-state index in [1.807, 2.05) is 31.2 Å². The van der Waals surface area contributed by atoms with Crippen LogP contribution in [0.2, 0.25) is 0 Å². The molecule has 0 saturated carbocycles. The van der Waals surface area contributed by atoms with Gasteiger partial charge in [0.15, 0.2) is 5.78 Å². The van der Waals surface area contributed by atoms with E-state index < -0.39 is 11.3 Å². The van der Waals surface area contributed by atoms with E-state index in [4.69, 9.17) is 0 Å². The lowest BCUT2D eigenvalue weighted by atomic mass is 9.73. The predicted octanol–water partition coefficient (Wildman–Crippen LogP) is 3.03. The first-order valence-electron chi connectivity index (χ1n) is 7.93. The third-order valence-electron chi connectivity index (χ3n) is 4.47. The van der Waals surface area contributed by atoms with Crippen LogP contribution in [0.15, 0.2) is 24.3 Å². The molecular formula is C18H21N2O3S-. The zero-order valence-electron chi connectivity index (χ0n) is 14.1. The van der Waals surface area contributed by atoms with E-state index in [1.54, 1.807) is 0 Å². The van der Waals surface area contributed by atoms with E-state index in [1.165, 1.54) is 0 Å². The third-order valence-corrected chi connectivity index (χ3v) is 4.85. The fraction of sp³-hybridized carbons (Fsp3) is 0.389. The Bertz CT molecular complexity index is 824. The summed E-state index contributed by atoms with van der Waals surface area (Å²) in [6.07, 6.45) is 1.41. The Morgan fingerprint density at radius 3 is 2.79 bits per heavy atom. The van der Waals surface area contributed by atoms with Gasteiger partial charge in [0, 0.05) is 41.2 Å². The first-order valence-corrected chi connectivity index (χ1v) is 9.01. The summed E-state index contributed by atoms with van der Waals surface area (Å²) in [5, 5.41) is 0. The van der Waals surface area contributed by atoms with Crippen molar-refractivity contribution in [1.82, 2.24) is 9.71 Å². The molecule has 3 rings (SSSR count). The Balaban J connectivity index is 2.02. The summed E-state index contributed by atoms with van der Waals surface area (Å²) < 4.78 is 23.7. The van der Waals surface area contributed by atoms with Gasteiger partial charge in [-0.2, -0.15) is 0 Å². The SMILES string of the molecule is Cc1[nH]c(-c2cccc(CNS(=O)[O-])c2)c2c1C(=O)CC(C)(C)C2. The second kappa shape index (κ2) is 6.27. The minimum absolute atomic E-state index is 0.0495. The number of aryl methyl sites for hydroxylation is 1. The summed E-state index contributed by atoms with van der Waals surface area (Å²) in [4.78, 5) is 15.9. The lowest BCUT2D eigenvalue weighted by Gasteiger charge is -2.29. The van der Waals surface area contributed by atoms with Crippen molar-refractivity contribution in [1.29, 1.82) is 0 Å². The molecule has 1 aromatic heterocycles. The Morgan fingerprint density at radius 2 is 2.08 bits per heavy atom. The smallest absolute Gasteiger partial charge is 0.165 e. The maximum absolute atomic E-state index is 12.5. The van der Waals surface area contributed by atoms with Gasteiger partial charge < -0.3 is 9.54 Å². The number of carbonyl (C=O) groups excluding carboxylic acids is 1. The quantitative estimate of drug-likeness (QED) is 0.835. The minimum Gasteiger partial charge on any atom is -0.760 e. The van der Waals surface area contributed by atoms with Gasteiger partial charge >= 0.3 is 0 Å². The molecule has 0 spiro atoms. The van der Waals surface area contributed by atoms with Gasteiger partial charge in [0.1, 0.15) is 0 Å². The lowest BCUT2D eigenvalue weighted by molar-refractivity contribution is 0.0912. The van der Waals surface area contributed by atoms with E-state index >= 15 is 0 Å². The number of Topliss-reactive ketones (excluding diaryl/α,β-unsaturated/α-hetero) is 1. The highest BCUT2D eigenvalue weighted by Crippen LogP contribution is 2.40. The van der Waals surface area contributed by atoms with Crippen molar-refractivity contribution in [3.05, 3.63) is 46.6 Å². The largest absolute Gasteiger partial charge is 0.760 e. The molecule has 0 bridgehead atoms. The van der Waals surface area contributed by atoms with E-state index in [9.17, 15) is 13.6 Å². The maximum Gasteiger partial charge on any atom is 0.165 e. The van der Waals surface area contributed by atoms with Gasteiger partial charge in [-0.3, -0.25) is 9.00 Å². The number of hydrogen-bond acceptors (Lipinski definition) is 3. The number of carbonyl (C=O) groups is 1. The second-order valence-corrected chi connectivity index (χ2v) is 7.93. The molecule has 2 N–H and O–H groups in total. The van der Waals surface area contributed by atoms with Crippen LogP contribution in [-0.2, 0) is 24.2 Å². The van der Waals surface area contributed by atoms with Crippen molar-refractivity contribution in [3.63, 3.8) is 0 Å². The molecule has 24 heavy (non-hydrogen) atoms. The van der Waals surface area contributed by atoms with Crippen LogP contribution < -0.4 is 4.72 Å². The topological polar surface area (TPSA) is 85.0 Å². The van der Waals surface area contributed by atoms with Gasteiger partial charge in [-0.15, -0.1) is 0 Å². The molecule has 6 heteroatoms. The van der Waals surface area contributed by atoms with Gasteiger partial charge in [0.25, 0.3) is 0 Å². The summed E-state index contributed by atoms with van der Waals surface area (Å²) in [7, 11) is 0. The molecule has 1 aromatic carbocycles. The van der Waals surface area contributed by atoms with Gasteiger partial charge in [-0.25, -0.2) is 4.72 Å². The number of fused-ring (bicyclic) bond motifs is 1. The Kier molecular flexibility index (Phi) is 4.46. The zero-order chi connectivity index (χ0) is 17.5. The number of aromatic nitrogens is 1. The highest BCUT2D eigenvalue weighted by Gasteiger charge is 2.35. The lowest BCUT2D eigenvalue weighted by Crippen LogP contribution is -2.26. The van der Waals surface area contributed by atoms with Crippen LogP contribution >= 0.6 is 0 Å². The fourth-order valence-corrected chi connectivity index (χ4v) is 3.81. The minimum atomic E-state index is -2.28. The predicted molar refractivity (Wildman–Crippen MR) is 93.2 cm³/mol. The molecule has 1 aliphatic rings. The number of ketones is 1. The summed E-state index contributed by atoms with van der Waals surface area (Å²) in [5.74, 6) is 0.195. The maximum atomic E-state index is 12.5. The molecule has 0 saturated heterocycles. The Hall–Kier alpha value is -1.76. The van der Waals surface area contributed by atoms with Crippen LogP contribution in [0.1, 0.15) is 47.4 Å². The molecule has 0 amide bonds. The normalized spacial score (nSPS) is 17.6. The summed E-state index contributed by atoms with van der Waals surface area (Å²) in [5.41, 5.74) is 5.57. The summed E-state index contributed by atoms with van der Waals surface area (Å²) >= 11 is -2.28. The van der Waals surface area contributed by atoms with Crippen LogP contribution in [0.3, 0.4) is 0 Å². The van der Waals surface area contributed by atoms with Crippen molar-refractivity contribution in [2.75, 3.05) is 0 Å². The van der Waals surface area contributed by atoms with Gasteiger partial charge in [-0.05, 0) is 41.5 Å². The monoisotopic (exact) mass is 345 g/mol. The molecule has 2 aromatic rings. The van der Waals surface area contributed by atoms with E-state index in [2.05, 4.69) is 23.6 Å². The van der Waals surface area contributed by atoms with Crippen LogP contribution in [0.5, 0.6) is 0 Å². The standard InChI is InChI=1S/C18H22N2O3S/c1-11-16-14(8-18(2,3)9-15(16)21)17(20-11)13-6-4-5-12(7-13)10-19-24(22)23/h4-7,19-20H,8-10H2,1-3H3,(H,22,23)/p-1. The Labute approximate surface area is 144 Å². The highest BCUT2D eigenvalue weighted by molar-refractivity contribution is 7.77. The average molecular weight is 345 g/mol. The van der Waals surface area contributed by atoms with Crippen LogP contribution in [-0.4, -0.2) is 19.5 Å². The molecule has 1 aliphatic carbocycles. The number of nitrogens with one attached hydrogen (secondary N) is 2. The van der Waals surface area contributed by atoms with Crippen molar-refractivity contribution in [2.24, 2.45) is 5.41 Å². The number of H-pyrrole nitrogens is 1. The van der Waals surface area contributed by atoms with E-state index in [0.29, 0.717) is 6.42 Å². The third kappa shape index (κ3) is 3.36. The Morgan fingerprint density at radius 1 is 1.33 bits per heavy atom. The number of benzene rings is 1. The second-order valence-electron chi connectivity index (χ2n) is 7.18. The van der Waals surface area contributed by atoms with Crippen LogP contribution in [0, 0.1) is 12.3 Å². The molecule has 128 valence electrons. The number of rotatable bonds is 4. The average Bonchev–Trinajstić information content (AvgIpc) is 2.81. The van der Waals surface area contributed by atoms with Crippen molar-refractivity contribution in [2.45, 2.75) is 40.2 Å². The molecular weight excluding hydrogens is 324 g/mol. The van der Waals surface area contributed by atoms with Crippen LogP contribution in [0.4, 0.5) is 0 Å². The van der Waals surface area contributed by atoms with Gasteiger partial charge in [-0.1, -0.05) is 32.0 Å². The number of aromatic amines is 1. The zero-order valence-corrected chi connectivity index (χ0v) is 14.9. The van der Waals surface area contributed by atoms with Crippen molar-refractivity contribution in [3.8, 4) is 11.3 Å². The van der Waals surface area contributed by atoms with E-state index in [-0.39, 0.29) is 17.7 Å². The molecule has 1 unspecified atom stereocenters. The van der Waals surface area contributed by atoms with Crippen molar-refractivity contribution < 1.29 is 13.6 Å². The van der Waals surface area contributed by atoms with Gasteiger partial charge in [0.2, 0.25) is 0 Å². The first-order chi connectivity index (χ1) is 11.3. The summed E-state index contributed by atoms with van der Waals surface area (Å²) in [6, 6.07) is 7.71.